The van der Waals surface area contributed by atoms with E-state index in [2.05, 4.69) is 9.97 Å². The molecule has 1 saturated carbocycles. The van der Waals surface area contributed by atoms with Gasteiger partial charge in [-0.3, -0.25) is 9.59 Å². The molecule has 3 N–H and O–H groups in total. The maximum Gasteiger partial charge on any atom is 0.326 e. The molecule has 1 aromatic carbocycles. The molecule has 3 atom stereocenters. The minimum atomic E-state index is -0.959. The summed E-state index contributed by atoms with van der Waals surface area (Å²) in [6.07, 6.45) is 5.91. The lowest BCUT2D eigenvalue weighted by Crippen LogP contribution is -2.44. The third-order valence-corrected chi connectivity index (χ3v) is 6.44. The van der Waals surface area contributed by atoms with Crippen molar-refractivity contribution in [2.24, 2.45) is 11.7 Å². The number of likely N-dealkylation sites (tertiary alicyclic amines) is 1. The van der Waals surface area contributed by atoms with Crippen molar-refractivity contribution in [3.05, 3.63) is 58.9 Å². The number of hydrogen-bond acceptors (Lipinski definition) is 6. The Labute approximate surface area is 199 Å². The van der Waals surface area contributed by atoms with Gasteiger partial charge in [-0.2, -0.15) is 0 Å². The van der Waals surface area contributed by atoms with Gasteiger partial charge in [-0.05, 0) is 31.7 Å². The number of hydrogen-bond donors (Lipinski definition) is 2. The Hall–Kier alpha value is -3.37. The van der Waals surface area contributed by atoms with Crippen molar-refractivity contribution in [3.8, 4) is 0 Å². The van der Waals surface area contributed by atoms with Crippen LogP contribution in [0.25, 0.3) is 11.0 Å². The Morgan fingerprint density at radius 3 is 2.71 bits per heavy atom. The molecule has 1 aliphatic heterocycles. The van der Waals surface area contributed by atoms with Crippen molar-refractivity contribution in [2.45, 2.75) is 44.9 Å². The molecule has 2 aliphatic rings. The standard InChI is InChI=1S/C16H16N4O4.C7H7ClFN/c1-8(21)11-5-19(15-10(11)4-17-7-18-15)6-14(22)20-12-2-9(12)3-13(20)16(23)24;8-6-3-1-2-5(4-10)7(6)9/h4-5,7,9,12-13H,2-3,6H2,1H3,(H,23,24);1-3H,4,10H2/t9-,12-,13+;/m1./s1. The smallest absolute Gasteiger partial charge is 0.326 e. The average Bonchev–Trinajstić information content (AvgIpc) is 3.31. The molecule has 0 spiro atoms. The number of aliphatic carboxylic acids is 1. The summed E-state index contributed by atoms with van der Waals surface area (Å²) in [7, 11) is 0. The number of Topliss-reactive ketones (excluding diaryl/α,β-unsaturated/α-hetero) is 1. The van der Waals surface area contributed by atoms with Crippen LogP contribution in [0.2, 0.25) is 5.02 Å². The van der Waals surface area contributed by atoms with Gasteiger partial charge in [0.25, 0.3) is 0 Å². The second-order valence-electron chi connectivity index (χ2n) is 8.36. The topological polar surface area (TPSA) is 131 Å². The van der Waals surface area contributed by atoms with Crippen molar-refractivity contribution in [1.82, 2.24) is 19.4 Å². The van der Waals surface area contributed by atoms with Gasteiger partial charge in [0, 0.05) is 41.5 Å². The van der Waals surface area contributed by atoms with Crippen molar-refractivity contribution in [2.75, 3.05) is 0 Å². The number of benzene rings is 1. The molecule has 0 unspecified atom stereocenters. The van der Waals surface area contributed by atoms with Crippen LogP contribution in [-0.2, 0) is 22.7 Å². The van der Waals surface area contributed by atoms with Crippen LogP contribution >= 0.6 is 11.6 Å². The normalized spacial score (nSPS) is 20.5. The molecule has 34 heavy (non-hydrogen) atoms. The molecule has 1 saturated heterocycles. The van der Waals surface area contributed by atoms with E-state index in [1.54, 1.807) is 29.1 Å². The minimum Gasteiger partial charge on any atom is -0.480 e. The number of amides is 1. The summed E-state index contributed by atoms with van der Waals surface area (Å²) in [5, 5.41) is 10.0. The van der Waals surface area contributed by atoms with Crippen molar-refractivity contribution in [3.63, 3.8) is 0 Å². The van der Waals surface area contributed by atoms with Gasteiger partial charge in [0.15, 0.2) is 5.78 Å². The summed E-state index contributed by atoms with van der Waals surface area (Å²) in [5.74, 6) is -1.44. The fourth-order valence-electron chi connectivity index (χ4n) is 4.40. The number of piperidine rings is 1. The summed E-state index contributed by atoms with van der Waals surface area (Å²) in [6, 6.07) is 4.08. The van der Waals surface area contributed by atoms with Gasteiger partial charge in [-0.1, -0.05) is 23.7 Å². The second kappa shape index (κ2) is 9.47. The first-order valence-electron chi connectivity index (χ1n) is 10.7. The predicted molar refractivity (Wildman–Crippen MR) is 122 cm³/mol. The number of rotatable bonds is 5. The fourth-order valence-corrected chi connectivity index (χ4v) is 4.59. The Morgan fingerprint density at radius 1 is 1.29 bits per heavy atom. The third kappa shape index (κ3) is 4.51. The predicted octanol–water partition coefficient (Wildman–Crippen LogP) is 2.65. The summed E-state index contributed by atoms with van der Waals surface area (Å²) >= 11 is 5.46. The second-order valence-corrected chi connectivity index (χ2v) is 8.77. The number of halogens is 2. The van der Waals surface area contributed by atoms with Crippen LogP contribution < -0.4 is 5.73 Å². The van der Waals surface area contributed by atoms with Crippen LogP contribution in [0.3, 0.4) is 0 Å². The first kappa shape index (κ1) is 23.8. The highest BCUT2D eigenvalue weighted by molar-refractivity contribution is 6.30. The highest BCUT2D eigenvalue weighted by atomic mass is 35.5. The molecule has 2 fully saturated rings. The average molecular weight is 488 g/mol. The quantitative estimate of drug-likeness (QED) is 0.529. The van der Waals surface area contributed by atoms with Crippen molar-refractivity contribution < 1.29 is 23.9 Å². The number of aromatic nitrogens is 3. The van der Waals surface area contributed by atoms with Crippen LogP contribution in [-0.4, -0.2) is 54.3 Å². The van der Waals surface area contributed by atoms with E-state index in [1.807, 2.05) is 0 Å². The van der Waals surface area contributed by atoms with E-state index in [4.69, 9.17) is 17.3 Å². The summed E-state index contributed by atoms with van der Waals surface area (Å²) in [5.41, 5.74) is 6.63. The lowest BCUT2D eigenvalue weighted by molar-refractivity contribution is -0.149. The van der Waals surface area contributed by atoms with E-state index >= 15 is 0 Å². The van der Waals surface area contributed by atoms with Crippen molar-refractivity contribution >= 4 is 40.3 Å². The maximum atomic E-state index is 12.8. The number of ketones is 1. The molecule has 3 heterocycles. The Morgan fingerprint density at radius 2 is 2.06 bits per heavy atom. The third-order valence-electron chi connectivity index (χ3n) is 6.15. The zero-order valence-corrected chi connectivity index (χ0v) is 19.1. The monoisotopic (exact) mass is 487 g/mol. The van der Waals surface area contributed by atoms with E-state index < -0.39 is 17.8 Å². The highest BCUT2D eigenvalue weighted by Gasteiger charge is 2.56. The summed E-state index contributed by atoms with van der Waals surface area (Å²) in [4.78, 5) is 45.4. The molecule has 0 bridgehead atoms. The van der Waals surface area contributed by atoms with E-state index in [0.717, 1.165) is 6.42 Å². The number of carboxylic acids is 1. The van der Waals surface area contributed by atoms with Crippen molar-refractivity contribution in [1.29, 1.82) is 0 Å². The molecular weight excluding hydrogens is 465 g/mol. The number of fused-ring (bicyclic) bond motifs is 2. The molecule has 1 amide bonds. The lowest BCUT2D eigenvalue weighted by atomic mass is 10.1. The number of carbonyl (C=O) groups excluding carboxylic acids is 2. The maximum absolute atomic E-state index is 12.8. The van der Waals surface area contributed by atoms with Crippen LogP contribution in [0.5, 0.6) is 0 Å². The number of carboxylic acid groups (broad SMARTS) is 1. The molecule has 3 aromatic rings. The van der Waals surface area contributed by atoms with E-state index in [9.17, 15) is 23.9 Å². The number of nitrogens with zero attached hydrogens (tertiary/aromatic N) is 4. The number of carbonyl (C=O) groups is 3. The van der Waals surface area contributed by atoms with Crippen LogP contribution in [0, 0.1) is 11.7 Å². The number of nitrogens with two attached hydrogens (primary N) is 1. The zero-order valence-electron chi connectivity index (χ0n) is 18.3. The van der Waals surface area contributed by atoms with Gasteiger partial charge in [-0.15, -0.1) is 0 Å². The largest absolute Gasteiger partial charge is 0.480 e. The van der Waals surface area contributed by atoms with Gasteiger partial charge in [0.1, 0.15) is 30.4 Å². The van der Waals surface area contributed by atoms with E-state index in [-0.39, 0.29) is 35.8 Å². The Bertz CT molecular complexity index is 1280. The molecule has 9 nitrogen and oxygen atoms in total. The highest BCUT2D eigenvalue weighted by Crippen LogP contribution is 2.48. The first-order chi connectivity index (χ1) is 16.2. The van der Waals surface area contributed by atoms with Gasteiger partial charge in [0.2, 0.25) is 5.91 Å². The van der Waals surface area contributed by atoms with Crippen LogP contribution in [0.15, 0.2) is 36.9 Å². The fraction of sp³-hybridized carbons (Fsp3) is 0.348. The molecule has 2 aromatic heterocycles. The molecule has 178 valence electrons. The zero-order chi connectivity index (χ0) is 24.6. The summed E-state index contributed by atoms with van der Waals surface area (Å²) in [6.45, 7) is 1.60. The van der Waals surface area contributed by atoms with Gasteiger partial charge in [0.05, 0.1) is 5.02 Å². The van der Waals surface area contributed by atoms with Gasteiger partial charge >= 0.3 is 5.97 Å². The Kier molecular flexibility index (Phi) is 6.63. The molecule has 1 aliphatic carbocycles. The first-order valence-corrected chi connectivity index (χ1v) is 11.1. The van der Waals surface area contributed by atoms with E-state index in [1.165, 1.54) is 24.2 Å². The summed E-state index contributed by atoms with van der Waals surface area (Å²) < 4.78 is 14.4. The van der Waals surface area contributed by atoms with Crippen LogP contribution in [0.1, 0.15) is 35.7 Å². The van der Waals surface area contributed by atoms with E-state index in [0.29, 0.717) is 34.5 Å². The molecule has 5 rings (SSSR count). The van der Waals surface area contributed by atoms with Gasteiger partial charge < -0.3 is 20.3 Å². The molecule has 0 radical (unpaired) electrons. The molecule has 11 heteroatoms. The van der Waals surface area contributed by atoms with Crippen LogP contribution in [0.4, 0.5) is 4.39 Å². The lowest BCUT2D eigenvalue weighted by Gasteiger charge is -2.24. The minimum absolute atomic E-state index is 0.0339. The Balaban J connectivity index is 0.000000231. The SMILES string of the molecule is CC(=O)c1cn(CC(=O)N2[C@@H]3C[C@@H]3C[C@H]2C(=O)O)c2ncncc12.NCc1cccc(Cl)c1F. The molecular formula is C23H23ClFN5O4. The van der Waals surface area contributed by atoms with Gasteiger partial charge in [-0.25, -0.2) is 19.2 Å².